The minimum absolute atomic E-state index is 0.733. The van der Waals surface area contributed by atoms with Gasteiger partial charge in [-0.25, -0.2) is 4.99 Å². The molecule has 11 heavy (non-hydrogen) atoms. The third kappa shape index (κ3) is 5.64. The smallest absolute Gasteiger partial charge is 0.0902 e. The molecule has 0 spiro atoms. The average molecular weight is 154 g/mol. The highest BCUT2D eigenvalue weighted by atomic mass is 15.1. The predicted molar refractivity (Wildman–Crippen MR) is 50.8 cm³/mol. The van der Waals surface area contributed by atoms with Crippen LogP contribution in [0, 0.1) is 5.92 Å². The maximum absolute atomic E-state index is 3.92. The minimum atomic E-state index is 0.733. The second kappa shape index (κ2) is 5.96. The Morgan fingerprint density at radius 1 is 1.64 bits per heavy atom. The molecule has 1 atom stereocenters. The summed E-state index contributed by atoms with van der Waals surface area (Å²) in [4.78, 5) is 6.00. The molecule has 0 aromatic carbocycles. The zero-order valence-electron chi connectivity index (χ0n) is 7.75. The first kappa shape index (κ1) is 10.2. The standard InChI is InChI=1S/C9H18N2/c1-5-9(3)7-11(4)8-10-6-2/h6,8-9H,2,5,7H2,1,3-4H3. The third-order valence-corrected chi connectivity index (χ3v) is 1.67. The van der Waals surface area contributed by atoms with Crippen LogP contribution < -0.4 is 0 Å². The van der Waals surface area contributed by atoms with Gasteiger partial charge in [0.1, 0.15) is 0 Å². The van der Waals surface area contributed by atoms with Crippen molar-refractivity contribution in [2.24, 2.45) is 10.9 Å². The van der Waals surface area contributed by atoms with Crippen LogP contribution in [0.25, 0.3) is 0 Å². The van der Waals surface area contributed by atoms with Gasteiger partial charge in [-0.15, -0.1) is 0 Å². The van der Waals surface area contributed by atoms with Gasteiger partial charge in [0.05, 0.1) is 6.34 Å². The van der Waals surface area contributed by atoms with Crippen LogP contribution in [0.1, 0.15) is 20.3 Å². The van der Waals surface area contributed by atoms with Gasteiger partial charge in [0.15, 0.2) is 0 Å². The molecule has 0 heterocycles. The highest BCUT2D eigenvalue weighted by molar-refractivity contribution is 5.55. The lowest BCUT2D eigenvalue weighted by atomic mass is 10.1. The fourth-order valence-electron chi connectivity index (χ4n) is 0.829. The van der Waals surface area contributed by atoms with Gasteiger partial charge in [-0.3, -0.25) is 0 Å². The molecule has 0 amide bonds. The molecule has 0 aliphatic rings. The second-order valence-corrected chi connectivity index (χ2v) is 2.90. The molecule has 0 fully saturated rings. The molecule has 2 nitrogen and oxygen atoms in total. The van der Waals surface area contributed by atoms with E-state index in [1.807, 2.05) is 7.05 Å². The van der Waals surface area contributed by atoms with Crippen molar-refractivity contribution < 1.29 is 0 Å². The number of aliphatic imine (C=N–C) groups is 1. The molecule has 64 valence electrons. The highest BCUT2D eigenvalue weighted by Crippen LogP contribution is 2.00. The van der Waals surface area contributed by atoms with Gasteiger partial charge in [-0.05, 0) is 5.92 Å². The molecular formula is C9H18N2. The van der Waals surface area contributed by atoms with E-state index in [0.29, 0.717) is 0 Å². The monoisotopic (exact) mass is 154 g/mol. The lowest BCUT2D eigenvalue weighted by molar-refractivity contribution is 0.404. The molecule has 0 aromatic heterocycles. The van der Waals surface area contributed by atoms with Gasteiger partial charge in [0.25, 0.3) is 0 Å². The molecule has 0 radical (unpaired) electrons. The SMILES string of the molecule is C=CN=CN(C)CC(C)CC. The van der Waals surface area contributed by atoms with Crippen molar-refractivity contribution in [3.8, 4) is 0 Å². The third-order valence-electron chi connectivity index (χ3n) is 1.67. The fourth-order valence-corrected chi connectivity index (χ4v) is 0.829. The summed E-state index contributed by atoms with van der Waals surface area (Å²) in [6.07, 6.45) is 4.57. The van der Waals surface area contributed by atoms with Crippen LogP contribution >= 0.6 is 0 Å². The van der Waals surface area contributed by atoms with Crippen molar-refractivity contribution in [3.63, 3.8) is 0 Å². The van der Waals surface area contributed by atoms with E-state index in [9.17, 15) is 0 Å². The Morgan fingerprint density at radius 2 is 2.27 bits per heavy atom. The summed E-state index contributed by atoms with van der Waals surface area (Å²) in [6.45, 7) is 9.00. The van der Waals surface area contributed by atoms with E-state index in [1.165, 1.54) is 6.42 Å². The van der Waals surface area contributed by atoms with E-state index in [0.717, 1.165) is 12.5 Å². The van der Waals surface area contributed by atoms with E-state index in [-0.39, 0.29) is 0 Å². The van der Waals surface area contributed by atoms with Gasteiger partial charge in [-0.2, -0.15) is 0 Å². The predicted octanol–water partition coefficient (Wildman–Crippen LogP) is 2.14. The van der Waals surface area contributed by atoms with Gasteiger partial charge >= 0.3 is 0 Å². The first-order chi connectivity index (χ1) is 5.20. The molecule has 1 unspecified atom stereocenters. The van der Waals surface area contributed by atoms with Crippen LogP contribution in [0.2, 0.25) is 0 Å². The normalized spacial score (nSPS) is 13.4. The fraction of sp³-hybridized carbons (Fsp3) is 0.667. The summed E-state index contributed by atoms with van der Waals surface area (Å²) in [7, 11) is 2.03. The maximum atomic E-state index is 3.92. The Labute approximate surface area is 69.6 Å². The van der Waals surface area contributed by atoms with Crippen molar-refractivity contribution in [2.75, 3.05) is 13.6 Å². The number of rotatable bonds is 5. The molecule has 0 bridgehead atoms. The van der Waals surface area contributed by atoms with Gasteiger partial charge < -0.3 is 4.90 Å². The number of hydrogen-bond acceptors (Lipinski definition) is 1. The van der Waals surface area contributed by atoms with E-state index in [1.54, 1.807) is 12.5 Å². The topological polar surface area (TPSA) is 15.6 Å². The van der Waals surface area contributed by atoms with Crippen LogP contribution in [0.4, 0.5) is 0 Å². The Kier molecular flexibility index (Phi) is 5.53. The van der Waals surface area contributed by atoms with Gasteiger partial charge in [0, 0.05) is 19.8 Å². The molecule has 0 rings (SSSR count). The van der Waals surface area contributed by atoms with Gasteiger partial charge in [0.2, 0.25) is 0 Å². The zero-order valence-corrected chi connectivity index (χ0v) is 7.75. The van der Waals surface area contributed by atoms with Crippen molar-refractivity contribution >= 4 is 6.34 Å². The minimum Gasteiger partial charge on any atom is -0.365 e. The molecule has 2 heteroatoms. The first-order valence-corrected chi connectivity index (χ1v) is 4.05. The summed E-state index contributed by atoms with van der Waals surface area (Å²) < 4.78 is 0. The van der Waals surface area contributed by atoms with Crippen LogP contribution in [0.5, 0.6) is 0 Å². The summed E-state index contributed by atoms with van der Waals surface area (Å²) in [5.41, 5.74) is 0. The second-order valence-electron chi connectivity index (χ2n) is 2.90. The lowest BCUT2D eigenvalue weighted by Gasteiger charge is -2.16. The van der Waals surface area contributed by atoms with Crippen LogP contribution in [-0.2, 0) is 0 Å². The molecular weight excluding hydrogens is 136 g/mol. The molecule has 0 saturated carbocycles. The van der Waals surface area contributed by atoms with Crippen molar-refractivity contribution in [1.82, 2.24) is 4.90 Å². The molecule has 0 aromatic rings. The van der Waals surface area contributed by atoms with Crippen LogP contribution in [-0.4, -0.2) is 24.8 Å². The van der Waals surface area contributed by atoms with E-state index >= 15 is 0 Å². The first-order valence-electron chi connectivity index (χ1n) is 4.05. The quantitative estimate of drug-likeness (QED) is 0.437. The molecule has 0 N–H and O–H groups in total. The molecule has 0 saturated heterocycles. The van der Waals surface area contributed by atoms with Crippen molar-refractivity contribution in [1.29, 1.82) is 0 Å². The summed E-state index contributed by atoms with van der Waals surface area (Å²) in [5, 5.41) is 0. The lowest BCUT2D eigenvalue weighted by Crippen LogP contribution is -2.22. The average Bonchev–Trinajstić information content (AvgIpc) is 2.00. The Hall–Kier alpha value is -0.790. The molecule has 0 aliphatic carbocycles. The van der Waals surface area contributed by atoms with Crippen LogP contribution in [0.15, 0.2) is 17.8 Å². The number of hydrogen-bond donors (Lipinski definition) is 0. The largest absolute Gasteiger partial charge is 0.365 e. The zero-order chi connectivity index (χ0) is 8.69. The summed E-state index contributed by atoms with van der Waals surface area (Å²) >= 11 is 0. The van der Waals surface area contributed by atoms with Gasteiger partial charge in [-0.1, -0.05) is 26.8 Å². The van der Waals surface area contributed by atoms with Crippen molar-refractivity contribution in [3.05, 3.63) is 12.8 Å². The van der Waals surface area contributed by atoms with Crippen LogP contribution in [0.3, 0.4) is 0 Å². The van der Waals surface area contributed by atoms with E-state index < -0.39 is 0 Å². The highest BCUT2D eigenvalue weighted by Gasteiger charge is 1.99. The Bertz CT molecular complexity index is 130. The molecule has 0 aliphatic heterocycles. The Balaban J connectivity index is 3.58. The summed E-state index contributed by atoms with van der Waals surface area (Å²) in [5.74, 6) is 0.733. The van der Waals surface area contributed by atoms with E-state index in [4.69, 9.17) is 0 Å². The Morgan fingerprint density at radius 3 is 2.73 bits per heavy atom. The van der Waals surface area contributed by atoms with E-state index in [2.05, 4.69) is 30.3 Å². The maximum Gasteiger partial charge on any atom is 0.0902 e. The van der Waals surface area contributed by atoms with Crippen molar-refractivity contribution in [2.45, 2.75) is 20.3 Å². The number of nitrogens with zero attached hydrogens (tertiary/aromatic N) is 2. The summed E-state index contributed by atoms with van der Waals surface area (Å²) in [6, 6.07) is 0.